The molecule has 2 aliphatic rings. The molecule has 1 aromatic heterocycles. The van der Waals surface area contributed by atoms with E-state index in [4.69, 9.17) is 16.7 Å². The first-order valence-corrected chi connectivity index (χ1v) is 10.1. The van der Waals surface area contributed by atoms with E-state index < -0.39 is 35.0 Å². The third-order valence-corrected chi connectivity index (χ3v) is 6.21. The zero-order valence-corrected chi connectivity index (χ0v) is 17.1. The molecule has 1 fully saturated rings. The predicted octanol–water partition coefficient (Wildman–Crippen LogP) is 3.52. The number of aliphatic hydroxyl groups excluding tert-OH is 1. The third-order valence-electron chi connectivity index (χ3n) is 5.95. The van der Waals surface area contributed by atoms with Crippen LogP contribution < -0.4 is 5.32 Å². The number of carbonyl (C=O) groups excluding carboxylic acids is 2. The highest BCUT2D eigenvalue weighted by Crippen LogP contribution is 2.48. The van der Waals surface area contributed by atoms with E-state index >= 15 is 0 Å². The van der Waals surface area contributed by atoms with Crippen molar-refractivity contribution in [1.29, 1.82) is 0 Å². The van der Waals surface area contributed by atoms with Crippen molar-refractivity contribution in [3.8, 4) is 11.3 Å². The number of amides is 1. The van der Waals surface area contributed by atoms with Crippen molar-refractivity contribution in [2.75, 3.05) is 0 Å². The molecule has 0 saturated heterocycles. The number of carbonyl (C=O) groups is 3. The molecular weight excluding hydrogens is 408 g/mol. The van der Waals surface area contributed by atoms with Gasteiger partial charge in [0.05, 0.1) is 5.69 Å². The number of rotatable bonds is 4. The van der Waals surface area contributed by atoms with Crippen molar-refractivity contribution in [1.82, 2.24) is 9.88 Å². The maximum absolute atomic E-state index is 13.6. The molecule has 1 amide bonds. The molecule has 2 aromatic rings. The van der Waals surface area contributed by atoms with Crippen LogP contribution >= 0.6 is 11.6 Å². The average molecular weight is 429 g/mol. The summed E-state index contributed by atoms with van der Waals surface area (Å²) in [6.07, 6.45) is 2.69. The Hall–Kier alpha value is -3.06. The fourth-order valence-corrected chi connectivity index (χ4v) is 4.58. The van der Waals surface area contributed by atoms with Gasteiger partial charge in [-0.05, 0) is 49.6 Å². The first kappa shape index (κ1) is 20.2. The van der Waals surface area contributed by atoms with Crippen LogP contribution in [0.5, 0.6) is 0 Å². The summed E-state index contributed by atoms with van der Waals surface area (Å²) in [5.74, 6) is -3.02. The van der Waals surface area contributed by atoms with Gasteiger partial charge in [0, 0.05) is 10.7 Å². The van der Waals surface area contributed by atoms with E-state index in [1.54, 1.807) is 18.2 Å². The molecule has 8 heteroatoms. The first-order valence-electron chi connectivity index (χ1n) is 9.76. The number of Topliss-reactive ketones (excluding diaryl/α,β-unsaturated/α-hetero) is 1. The summed E-state index contributed by atoms with van der Waals surface area (Å²) in [6.45, 7) is 1.30. The lowest BCUT2D eigenvalue weighted by atomic mass is 9.82. The van der Waals surface area contributed by atoms with Crippen LogP contribution in [0.4, 0.5) is 0 Å². The van der Waals surface area contributed by atoms with Gasteiger partial charge in [0.1, 0.15) is 17.2 Å². The highest BCUT2D eigenvalue weighted by Gasteiger charge is 2.51. The van der Waals surface area contributed by atoms with Crippen molar-refractivity contribution in [2.45, 2.75) is 44.2 Å². The molecule has 0 bridgehead atoms. The molecule has 0 radical (unpaired) electrons. The molecule has 1 atom stereocenters. The fraction of sp³-hybridized carbons (Fsp3) is 0.318. The van der Waals surface area contributed by atoms with Crippen LogP contribution in [-0.4, -0.2) is 38.5 Å². The van der Waals surface area contributed by atoms with E-state index in [-0.39, 0.29) is 5.57 Å². The van der Waals surface area contributed by atoms with E-state index in [0.29, 0.717) is 23.6 Å². The summed E-state index contributed by atoms with van der Waals surface area (Å²) in [5, 5.41) is 22.8. The topological polar surface area (TPSA) is 109 Å². The van der Waals surface area contributed by atoms with Crippen LogP contribution in [0, 0.1) is 0 Å². The molecule has 1 saturated carbocycles. The monoisotopic (exact) mass is 428 g/mol. The number of aliphatic hydroxyl groups is 1. The van der Waals surface area contributed by atoms with Gasteiger partial charge in [0.25, 0.3) is 5.91 Å². The van der Waals surface area contributed by atoms with Crippen LogP contribution in [0.2, 0.25) is 5.02 Å². The molecule has 3 N–H and O–H groups in total. The van der Waals surface area contributed by atoms with Crippen LogP contribution in [0.25, 0.3) is 17.0 Å². The molecule has 0 unspecified atom stereocenters. The number of aromatic nitrogens is 1. The van der Waals surface area contributed by atoms with Crippen LogP contribution in [0.1, 0.15) is 38.3 Å². The molecule has 1 aromatic carbocycles. The summed E-state index contributed by atoms with van der Waals surface area (Å²) in [7, 11) is 0. The normalized spacial score (nSPS) is 18.4. The Morgan fingerprint density at radius 1 is 1.10 bits per heavy atom. The summed E-state index contributed by atoms with van der Waals surface area (Å²) in [4.78, 5) is 37.5. The van der Waals surface area contributed by atoms with E-state index in [0.717, 1.165) is 24.1 Å². The standard InChI is InChI=1S/C22H21ClN2O5/c1-12(21(29)30)24-20(28)17-18(26)16-9-8-15(13-4-6-14(23)7-5-13)25(16)22(19(17)27)10-2-3-11-22/h4-9,12,26H,2-3,10-11H2,1H3,(H,24,28)(H,29,30)/t12-/m1/s1. The van der Waals surface area contributed by atoms with Crippen molar-refractivity contribution in [2.24, 2.45) is 0 Å². The average Bonchev–Trinajstić information content (AvgIpc) is 3.35. The fourth-order valence-electron chi connectivity index (χ4n) is 4.45. The Morgan fingerprint density at radius 2 is 1.70 bits per heavy atom. The van der Waals surface area contributed by atoms with Crippen LogP contribution in [0.15, 0.2) is 42.0 Å². The largest absolute Gasteiger partial charge is 0.505 e. The quantitative estimate of drug-likeness (QED) is 0.645. The Kier molecular flexibility index (Phi) is 4.94. The maximum Gasteiger partial charge on any atom is 0.325 e. The summed E-state index contributed by atoms with van der Waals surface area (Å²) in [5.41, 5.74) is 0.596. The minimum absolute atomic E-state index is 0.370. The Morgan fingerprint density at radius 3 is 2.30 bits per heavy atom. The van der Waals surface area contributed by atoms with E-state index in [9.17, 15) is 19.5 Å². The summed E-state index contributed by atoms with van der Waals surface area (Å²) >= 11 is 6.01. The zero-order chi connectivity index (χ0) is 21.6. The summed E-state index contributed by atoms with van der Waals surface area (Å²) < 4.78 is 1.83. The van der Waals surface area contributed by atoms with Crippen LogP contribution in [-0.2, 0) is 19.9 Å². The SMILES string of the molecule is C[C@@H](NC(=O)C1=C(O)c2ccc(-c3ccc(Cl)cc3)n2C2(CCCC2)C1=O)C(=O)O. The lowest BCUT2D eigenvalue weighted by molar-refractivity contribution is -0.141. The van der Waals surface area contributed by atoms with Crippen molar-refractivity contribution in [3.63, 3.8) is 0 Å². The highest BCUT2D eigenvalue weighted by molar-refractivity contribution is 6.30. The molecular formula is C22H21ClN2O5. The van der Waals surface area contributed by atoms with Crippen molar-refractivity contribution >= 4 is 35.0 Å². The molecule has 2 heterocycles. The van der Waals surface area contributed by atoms with Gasteiger partial charge < -0.3 is 20.1 Å². The van der Waals surface area contributed by atoms with Gasteiger partial charge in [-0.25, -0.2) is 0 Å². The number of fused-ring (bicyclic) bond motifs is 2. The number of hydrogen-bond acceptors (Lipinski definition) is 4. The van der Waals surface area contributed by atoms with Crippen LogP contribution in [0.3, 0.4) is 0 Å². The van der Waals surface area contributed by atoms with Gasteiger partial charge >= 0.3 is 5.97 Å². The maximum atomic E-state index is 13.6. The predicted molar refractivity (Wildman–Crippen MR) is 111 cm³/mol. The number of hydrogen-bond donors (Lipinski definition) is 3. The van der Waals surface area contributed by atoms with Gasteiger partial charge in [-0.3, -0.25) is 14.4 Å². The van der Waals surface area contributed by atoms with E-state index in [1.807, 2.05) is 22.8 Å². The molecule has 156 valence electrons. The number of halogens is 1. The number of carboxylic acids is 1. The lowest BCUT2D eigenvalue weighted by Gasteiger charge is -2.37. The van der Waals surface area contributed by atoms with Gasteiger partial charge in [-0.15, -0.1) is 0 Å². The minimum atomic E-state index is -1.23. The van der Waals surface area contributed by atoms with Gasteiger partial charge in [0.15, 0.2) is 11.5 Å². The highest BCUT2D eigenvalue weighted by atomic mass is 35.5. The van der Waals surface area contributed by atoms with Crippen molar-refractivity contribution in [3.05, 3.63) is 52.7 Å². The Bertz CT molecular complexity index is 1080. The first-order chi connectivity index (χ1) is 14.3. The number of nitrogens with one attached hydrogen (secondary N) is 1. The second kappa shape index (κ2) is 7.32. The molecule has 7 nitrogen and oxygen atoms in total. The minimum Gasteiger partial charge on any atom is -0.505 e. The number of carboxylic acid groups (broad SMARTS) is 1. The second-order valence-corrected chi connectivity index (χ2v) is 8.21. The second-order valence-electron chi connectivity index (χ2n) is 7.77. The molecule has 1 aliphatic heterocycles. The van der Waals surface area contributed by atoms with Crippen molar-refractivity contribution < 1.29 is 24.6 Å². The van der Waals surface area contributed by atoms with Gasteiger partial charge in [-0.1, -0.05) is 36.6 Å². The molecule has 1 aliphatic carbocycles. The van der Waals surface area contributed by atoms with Gasteiger partial charge in [0.2, 0.25) is 0 Å². The Labute approximate surface area is 178 Å². The summed E-state index contributed by atoms with van der Waals surface area (Å²) in [6, 6.07) is 9.49. The molecule has 30 heavy (non-hydrogen) atoms. The van der Waals surface area contributed by atoms with E-state index in [2.05, 4.69) is 5.32 Å². The number of nitrogens with zero attached hydrogens (tertiary/aromatic N) is 1. The lowest BCUT2D eigenvalue weighted by Crippen LogP contribution is -2.49. The molecule has 1 spiro atoms. The zero-order valence-electron chi connectivity index (χ0n) is 16.3. The smallest absolute Gasteiger partial charge is 0.325 e. The number of aliphatic carboxylic acids is 1. The third kappa shape index (κ3) is 3.01. The number of ketones is 1. The number of benzene rings is 1. The molecule has 4 rings (SSSR count). The van der Waals surface area contributed by atoms with E-state index in [1.165, 1.54) is 6.92 Å². The van der Waals surface area contributed by atoms with Gasteiger partial charge in [-0.2, -0.15) is 0 Å². The Balaban J connectivity index is 1.88.